The van der Waals surface area contributed by atoms with Crippen molar-refractivity contribution in [3.8, 4) is 16.9 Å². The highest BCUT2D eigenvalue weighted by atomic mass is 15.3. The molecule has 29 heavy (non-hydrogen) atoms. The molecule has 0 radical (unpaired) electrons. The van der Waals surface area contributed by atoms with E-state index in [9.17, 15) is 0 Å². The molecule has 0 unspecified atom stereocenters. The first-order valence-corrected chi connectivity index (χ1v) is 10.1. The van der Waals surface area contributed by atoms with Gasteiger partial charge in [-0.1, -0.05) is 42.5 Å². The molecule has 2 aromatic heterocycles. The molecule has 5 heteroatoms. The number of aryl methyl sites for hydroxylation is 3. The van der Waals surface area contributed by atoms with Crippen LogP contribution in [0.2, 0.25) is 0 Å². The van der Waals surface area contributed by atoms with Crippen molar-refractivity contribution in [3.05, 3.63) is 89.9 Å². The van der Waals surface area contributed by atoms with Gasteiger partial charge in [-0.3, -0.25) is 4.68 Å². The summed E-state index contributed by atoms with van der Waals surface area (Å²) in [5, 5.41) is 12.8. The summed E-state index contributed by atoms with van der Waals surface area (Å²) < 4.78 is 3.84. The first-order valence-electron chi connectivity index (χ1n) is 10.1. The van der Waals surface area contributed by atoms with Crippen LogP contribution in [0, 0.1) is 6.92 Å². The van der Waals surface area contributed by atoms with Crippen LogP contribution in [-0.2, 0) is 20.0 Å². The lowest BCUT2D eigenvalue weighted by atomic mass is 10.0. The van der Waals surface area contributed by atoms with E-state index in [0.29, 0.717) is 0 Å². The van der Waals surface area contributed by atoms with Gasteiger partial charge in [-0.15, -0.1) is 0 Å². The van der Waals surface area contributed by atoms with Crippen molar-refractivity contribution in [2.75, 3.05) is 6.54 Å². The largest absolute Gasteiger partial charge is 0.313 e. The maximum absolute atomic E-state index is 4.93. The number of nitrogens with zero attached hydrogens (tertiary/aromatic N) is 4. The molecule has 0 amide bonds. The molecule has 0 saturated heterocycles. The van der Waals surface area contributed by atoms with E-state index in [2.05, 4.69) is 66.1 Å². The molecule has 1 N–H and O–H groups in total. The second kappa shape index (κ2) is 8.88. The predicted octanol–water partition coefficient (Wildman–Crippen LogP) is 4.30. The number of aromatic nitrogens is 4. The fourth-order valence-electron chi connectivity index (χ4n) is 3.56. The number of nitrogens with one attached hydrogen (secondary N) is 1. The van der Waals surface area contributed by atoms with Crippen LogP contribution >= 0.6 is 0 Å². The molecule has 0 fully saturated rings. The zero-order valence-corrected chi connectivity index (χ0v) is 17.0. The first kappa shape index (κ1) is 19.2. The Morgan fingerprint density at radius 3 is 2.52 bits per heavy atom. The molecule has 0 spiro atoms. The molecule has 0 bridgehead atoms. The molecule has 2 heterocycles. The molecule has 148 valence electrons. The van der Waals surface area contributed by atoms with Crippen LogP contribution in [0.4, 0.5) is 0 Å². The van der Waals surface area contributed by atoms with Crippen LogP contribution in [0.25, 0.3) is 16.9 Å². The summed E-state index contributed by atoms with van der Waals surface area (Å²) >= 11 is 0. The molecule has 0 aliphatic heterocycles. The van der Waals surface area contributed by atoms with Crippen molar-refractivity contribution < 1.29 is 0 Å². The van der Waals surface area contributed by atoms with E-state index in [0.717, 1.165) is 37.3 Å². The van der Waals surface area contributed by atoms with Crippen LogP contribution in [0.1, 0.15) is 23.1 Å². The normalized spacial score (nSPS) is 11.1. The Kier molecular flexibility index (Phi) is 5.86. The summed E-state index contributed by atoms with van der Waals surface area (Å²) in [4.78, 5) is 0. The smallest absolute Gasteiger partial charge is 0.0975 e. The SMILES string of the molecule is Cc1ccccc1-c1nn(-c2ccccc2)cc1CNCCCc1cnn(C)c1. The highest BCUT2D eigenvalue weighted by Crippen LogP contribution is 2.26. The molecule has 5 nitrogen and oxygen atoms in total. The minimum atomic E-state index is 0.795. The number of hydrogen-bond donors (Lipinski definition) is 1. The van der Waals surface area contributed by atoms with Gasteiger partial charge in [0.25, 0.3) is 0 Å². The molecule has 4 rings (SSSR count). The van der Waals surface area contributed by atoms with E-state index < -0.39 is 0 Å². The Bertz CT molecular complexity index is 1060. The van der Waals surface area contributed by atoms with E-state index in [1.165, 1.54) is 22.3 Å². The maximum atomic E-state index is 4.93. The summed E-state index contributed by atoms with van der Waals surface area (Å²) in [6.45, 7) is 3.89. The van der Waals surface area contributed by atoms with Crippen molar-refractivity contribution >= 4 is 0 Å². The number of hydrogen-bond acceptors (Lipinski definition) is 3. The molecule has 0 aliphatic rings. The molecule has 4 aromatic rings. The highest BCUT2D eigenvalue weighted by molar-refractivity contribution is 5.66. The van der Waals surface area contributed by atoms with Crippen molar-refractivity contribution in [1.82, 2.24) is 24.9 Å². The zero-order chi connectivity index (χ0) is 20.1. The van der Waals surface area contributed by atoms with Crippen LogP contribution in [-0.4, -0.2) is 26.1 Å². The third kappa shape index (κ3) is 4.63. The minimum Gasteiger partial charge on any atom is -0.313 e. The average Bonchev–Trinajstić information content (AvgIpc) is 3.35. The maximum Gasteiger partial charge on any atom is 0.0975 e. The molecular formula is C24H27N5. The van der Waals surface area contributed by atoms with E-state index in [4.69, 9.17) is 5.10 Å². The molecule has 0 atom stereocenters. The quantitative estimate of drug-likeness (QED) is 0.460. The standard InChI is InChI=1S/C24H27N5/c1-19-9-6-7-13-23(19)24-21(18-29(27-24)22-11-4-3-5-12-22)16-25-14-8-10-20-15-26-28(2)17-20/h3-7,9,11-13,15,17-18,25H,8,10,14,16H2,1-2H3. The summed E-state index contributed by atoms with van der Waals surface area (Å²) in [5.41, 5.74) is 7.05. The molecular weight excluding hydrogens is 358 g/mol. The van der Waals surface area contributed by atoms with Crippen LogP contribution in [0.5, 0.6) is 0 Å². The topological polar surface area (TPSA) is 47.7 Å². The second-order valence-corrected chi connectivity index (χ2v) is 7.40. The third-order valence-corrected chi connectivity index (χ3v) is 5.10. The van der Waals surface area contributed by atoms with E-state index in [-0.39, 0.29) is 0 Å². The van der Waals surface area contributed by atoms with Gasteiger partial charge < -0.3 is 5.32 Å². The lowest BCUT2D eigenvalue weighted by molar-refractivity contribution is 0.649. The Morgan fingerprint density at radius 1 is 0.966 bits per heavy atom. The number of benzene rings is 2. The molecule has 0 saturated carbocycles. The van der Waals surface area contributed by atoms with Crippen molar-refractivity contribution in [3.63, 3.8) is 0 Å². The lowest BCUT2D eigenvalue weighted by Gasteiger charge is -2.07. The van der Waals surface area contributed by atoms with Gasteiger partial charge in [-0.05, 0) is 49.6 Å². The molecule has 2 aromatic carbocycles. The Labute approximate surface area is 172 Å². The predicted molar refractivity (Wildman–Crippen MR) is 117 cm³/mol. The van der Waals surface area contributed by atoms with E-state index >= 15 is 0 Å². The average molecular weight is 386 g/mol. The van der Waals surface area contributed by atoms with Gasteiger partial charge in [0.2, 0.25) is 0 Å². The lowest BCUT2D eigenvalue weighted by Crippen LogP contribution is -2.15. The summed E-state index contributed by atoms with van der Waals surface area (Å²) in [6.07, 6.45) is 8.29. The first-order chi connectivity index (χ1) is 14.2. The fourth-order valence-corrected chi connectivity index (χ4v) is 3.56. The third-order valence-electron chi connectivity index (χ3n) is 5.10. The Morgan fingerprint density at radius 2 is 1.76 bits per heavy atom. The fraction of sp³-hybridized carbons (Fsp3) is 0.250. The van der Waals surface area contributed by atoms with Gasteiger partial charge in [-0.25, -0.2) is 4.68 Å². The summed E-state index contributed by atoms with van der Waals surface area (Å²) in [7, 11) is 1.96. The van der Waals surface area contributed by atoms with E-state index in [1.54, 1.807) is 0 Å². The van der Waals surface area contributed by atoms with Gasteiger partial charge in [0.1, 0.15) is 0 Å². The van der Waals surface area contributed by atoms with Crippen LogP contribution in [0.3, 0.4) is 0 Å². The van der Waals surface area contributed by atoms with E-state index in [1.807, 2.05) is 40.8 Å². The van der Waals surface area contributed by atoms with Gasteiger partial charge in [0.05, 0.1) is 17.6 Å². The van der Waals surface area contributed by atoms with Crippen molar-refractivity contribution in [1.29, 1.82) is 0 Å². The van der Waals surface area contributed by atoms with Crippen molar-refractivity contribution in [2.45, 2.75) is 26.3 Å². The number of rotatable bonds is 8. The minimum absolute atomic E-state index is 0.795. The van der Waals surface area contributed by atoms with Gasteiger partial charge >= 0.3 is 0 Å². The highest BCUT2D eigenvalue weighted by Gasteiger charge is 2.13. The summed E-state index contributed by atoms with van der Waals surface area (Å²) in [6, 6.07) is 18.7. The van der Waals surface area contributed by atoms with Crippen LogP contribution in [0.15, 0.2) is 73.2 Å². The zero-order valence-electron chi connectivity index (χ0n) is 17.0. The van der Waals surface area contributed by atoms with Gasteiger partial charge in [0.15, 0.2) is 0 Å². The Balaban J connectivity index is 1.48. The van der Waals surface area contributed by atoms with Crippen LogP contribution < -0.4 is 5.32 Å². The van der Waals surface area contributed by atoms with Gasteiger partial charge in [-0.2, -0.15) is 10.2 Å². The molecule has 0 aliphatic carbocycles. The second-order valence-electron chi connectivity index (χ2n) is 7.40. The van der Waals surface area contributed by atoms with Crippen molar-refractivity contribution in [2.24, 2.45) is 7.05 Å². The number of para-hydroxylation sites is 1. The Hall–Kier alpha value is -3.18. The van der Waals surface area contributed by atoms with Gasteiger partial charge in [0, 0.05) is 37.1 Å². The monoisotopic (exact) mass is 385 g/mol. The summed E-state index contributed by atoms with van der Waals surface area (Å²) in [5.74, 6) is 0.